The molecule has 0 saturated heterocycles. The molecule has 8 heteroatoms. The summed E-state index contributed by atoms with van der Waals surface area (Å²) in [6.45, 7) is 0. The van der Waals surface area contributed by atoms with Crippen molar-refractivity contribution in [3.63, 3.8) is 0 Å². The lowest BCUT2D eigenvalue weighted by Gasteiger charge is -2.07. The molecule has 1 heterocycles. The number of carbonyl (C=O) groups is 1. The second kappa shape index (κ2) is 7.44. The molecule has 0 spiro atoms. The number of benzene rings is 2. The summed E-state index contributed by atoms with van der Waals surface area (Å²) in [5.41, 5.74) is 1.56. The molecular formula is C16H11Cl2N3OS2. The average molecular weight is 396 g/mol. The SMILES string of the molecule is O=C(Cc1ccc(Cl)cc1)NC(=S)Nc1nc2c(Cl)cccc2s1. The van der Waals surface area contributed by atoms with Gasteiger partial charge in [0.15, 0.2) is 10.2 Å². The van der Waals surface area contributed by atoms with E-state index in [9.17, 15) is 4.79 Å². The molecule has 1 aromatic heterocycles. The first kappa shape index (κ1) is 17.1. The number of nitrogens with zero attached hydrogens (tertiary/aromatic N) is 1. The number of fused-ring (bicyclic) bond motifs is 1. The van der Waals surface area contributed by atoms with Gasteiger partial charge in [0.05, 0.1) is 16.1 Å². The molecule has 3 aromatic rings. The Kier molecular flexibility index (Phi) is 5.30. The van der Waals surface area contributed by atoms with Crippen LogP contribution < -0.4 is 10.6 Å². The summed E-state index contributed by atoms with van der Waals surface area (Å²) in [7, 11) is 0. The van der Waals surface area contributed by atoms with Gasteiger partial charge in [-0.25, -0.2) is 4.98 Å². The molecule has 24 heavy (non-hydrogen) atoms. The average Bonchev–Trinajstić information content (AvgIpc) is 2.93. The largest absolute Gasteiger partial charge is 0.308 e. The van der Waals surface area contributed by atoms with Crippen molar-refractivity contribution in [3.8, 4) is 0 Å². The number of hydrogen-bond acceptors (Lipinski definition) is 4. The Bertz CT molecular complexity index is 909. The summed E-state index contributed by atoms with van der Waals surface area (Å²) < 4.78 is 0.945. The van der Waals surface area contributed by atoms with Gasteiger partial charge < -0.3 is 10.6 Å². The number of hydrogen-bond donors (Lipinski definition) is 2. The summed E-state index contributed by atoms with van der Waals surface area (Å²) in [5, 5.41) is 7.53. The predicted octanol–water partition coefficient (Wildman–Crippen LogP) is 4.66. The molecule has 0 fully saturated rings. The molecule has 2 N–H and O–H groups in total. The number of thiazole rings is 1. The van der Waals surface area contributed by atoms with Crippen molar-refractivity contribution in [3.05, 3.63) is 58.1 Å². The second-order valence-corrected chi connectivity index (χ2v) is 7.19. The lowest BCUT2D eigenvalue weighted by molar-refractivity contribution is -0.119. The highest BCUT2D eigenvalue weighted by Crippen LogP contribution is 2.30. The van der Waals surface area contributed by atoms with E-state index in [4.69, 9.17) is 35.4 Å². The highest BCUT2D eigenvalue weighted by Gasteiger charge is 2.10. The fraction of sp³-hybridized carbons (Fsp3) is 0.0625. The van der Waals surface area contributed by atoms with Crippen molar-refractivity contribution >= 4 is 73.1 Å². The number of rotatable bonds is 3. The second-order valence-electron chi connectivity index (χ2n) is 4.91. The maximum Gasteiger partial charge on any atom is 0.230 e. The summed E-state index contributed by atoms with van der Waals surface area (Å²) in [5.74, 6) is -0.214. The number of para-hydroxylation sites is 1. The van der Waals surface area contributed by atoms with Crippen LogP contribution in [0, 0.1) is 0 Å². The molecule has 3 rings (SSSR count). The Balaban J connectivity index is 1.61. The van der Waals surface area contributed by atoms with Gasteiger partial charge in [-0.05, 0) is 42.0 Å². The fourth-order valence-corrected chi connectivity index (χ4v) is 3.63. The smallest absolute Gasteiger partial charge is 0.230 e. The number of halogens is 2. The van der Waals surface area contributed by atoms with Gasteiger partial charge in [0.1, 0.15) is 5.52 Å². The molecule has 0 aliphatic carbocycles. The van der Waals surface area contributed by atoms with E-state index in [0.717, 1.165) is 10.3 Å². The predicted molar refractivity (Wildman–Crippen MR) is 104 cm³/mol. The molecule has 0 aliphatic rings. The number of anilines is 1. The topological polar surface area (TPSA) is 54.0 Å². The van der Waals surface area contributed by atoms with Gasteiger partial charge in [-0.15, -0.1) is 0 Å². The van der Waals surface area contributed by atoms with E-state index in [1.165, 1.54) is 11.3 Å². The van der Waals surface area contributed by atoms with E-state index in [2.05, 4.69) is 15.6 Å². The van der Waals surface area contributed by atoms with Crippen molar-refractivity contribution in [2.75, 3.05) is 5.32 Å². The Morgan fingerprint density at radius 2 is 1.92 bits per heavy atom. The van der Waals surface area contributed by atoms with Crippen molar-refractivity contribution in [2.45, 2.75) is 6.42 Å². The third-order valence-electron chi connectivity index (χ3n) is 3.12. The molecule has 0 saturated carbocycles. The molecule has 2 aromatic carbocycles. The summed E-state index contributed by atoms with van der Waals surface area (Å²) in [6.07, 6.45) is 0.213. The van der Waals surface area contributed by atoms with Crippen LogP contribution in [0.4, 0.5) is 5.13 Å². The summed E-state index contributed by atoms with van der Waals surface area (Å²) >= 11 is 18.5. The Morgan fingerprint density at radius 1 is 1.17 bits per heavy atom. The van der Waals surface area contributed by atoms with E-state index < -0.39 is 0 Å². The van der Waals surface area contributed by atoms with E-state index in [1.807, 2.05) is 12.1 Å². The zero-order valence-corrected chi connectivity index (χ0v) is 15.3. The third-order valence-corrected chi connectivity index (χ3v) is 4.82. The zero-order chi connectivity index (χ0) is 17.1. The zero-order valence-electron chi connectivity index (χ0n) is 12.2. The molecule has 0 bridgehead atoms. The van der Waals surface area contributed by atoms with Gasteiger partial charge >= 0.3 is 0 Å². The van der Waals surface area contributed by atoms with E-state index in [0.29, 0.717) is 20.7 Å². The number of thiocarbonyl (C=S) groups is 1. The van der Waals surface area contributed by atoms with Crippen LogP contribution in [-0.2, 0) is 11.2 Å². The van der Waals surface area contributed by atoms with Crippen LogP contribution in [0.5, 0.6) is 0 Å². The number of carbonyl (C=O) groups excluding carboxylic acids is 1. The molecule has 0 atom stereocenters. The monoisotopic (exact) mass is 395 g/mol. The Morgan fingerprint density at radius 3 is 2.62 bits per heavy atom. The first-order valence-electron chi connectivity index (χ1n) is 6.91. The standard InChI is InChI=1S/C16H11Cl2N3OS2/c17-10-6-4-9(5-7-10)8-13(22)19-15(23)21-16-20-14-11(18)2-1-3-12(14)24-16/h1-7H,8H2,(H2,19,20,21,22,23). The lowest BCUT2D eigenvalue weighted by Crippen LogP contribution is -2.35. The number of amides is 1. The molecule has 0 radical (unpaired) electrons. The molecule has 0 aliphatic heterocycles. The van der Waals surface area contributed by atoms with Crippen LogP contribution in [-0.4, -0.2) is 16.0 Å². The molecular weight excluding hydrogens is 385 g/mol. The van der Waals surface area contributed by atoms with E-state index in [-0.39, 0.29) is 17.4 Å². The van der Waals surface area contributed by atoms with Crippen LogP contribution in [0.3, 0.4) is 0 Å². The van der Waals surface area contributed by atoms with Crippen LogP contribution in [0.25, 0.3) is 10.2 Å². The van der Waals surface area contributed by atoms with Gasteiger partial charge in [-0.1, -0.05) is 52.7 Å². The maximum atomic E-state index is 12.0. The minimum absolute atomic E-state index is 0.198. The highest BCUT2D eigenvalue weighted by atomic mass is 35.5. The van der Waals surface area contributed by atoms with E-state index in [1.54, 1.807) is 30.3 Å². The van der Waals surface area contributed by atoms with Gasteiger partial charge in [-0.2, -0.15) is 0 Å². The first-order chi connectivity index (χ1) is 11.5. The van der Waals surface area contributed by atoms with Gasteiger partial charge in [0.2, 0.25) is 5.91 Å². The highest BCUT2D eigenvalue weighted by molar-refractivity contribution is 7.80. The summed E-state index contributed by atoms with van der Waals surface area (Å²) in [4.78, 5) is 16.4. The van der Waals surface area contributed by atoms with Crippen molar-refractivity contribution < 1.29 is 4.79 Å². The summed E-state index contributed by atoms with van der Waals surface area (Å²) in [6, 6.07) is 12.6. The van der Waals surface area contributed by atoms with Gasteiger partial charge in [0.25, 0.3) is 0 Å². The normalized spacial score (nSPS) is 10.6. The number of aromatic nitrogens is 1. The quantitative estimate of drug-likeness (QED) is 0.633. The first-order valence-corrected chi connectivity index (χ1v) is 8.89. The molecule has 0 unspecified atom stereocenters. The van der Waals surface area contributed by atoms with Crippen molar-refractivity contribution in [1.29, 1.82) is 0 Å². The van der Waals surface area contributed by atoms with Crippen molar-refractivity contribution in [2.24, 2.45) is 0 Å². The van der Waals surface area contributed by atoms with E-state index >= 15 is 0 Å². The molecule has 1 amide bonds. The molecule has 122 valence electrons. The van der Waals surface area contributed by atoms with Gasteiger partial charge in [-0.3, -0.25) is 4.79 Å². The fourth-order valence-electron chi connectivity index (χ4n) is 2.06. The molecule has 4 nitrogen and oxygen atoms in total. The Hall–Kier alpha value is -1.73. The minimum Gasteiger partial charge on any atom is -0.308 e. The Labute approximate surface area is 157 Å². The minimum atomic E-state index is -0.214. The van der Waals surface area contributed by atoms with Gasteiger partial charge in [0, 0.05) is 5.02 Å². The van der Waals surface area contributed by atoms with Crippen LogP contribution in [0.2, 0.25) is 10.0 Å². The maximum absolute atomic E-state index is 12.0. The third kappa shape index (κ3) is 4.21. The van der Waals surface area contributed by atoms with Crippen molar-refractivity contribution in [1.82, 2.24) is 10.3 Å². The van der Waals surface area contributed by atoms with Crippen LogP contribution >= 0.6 is 46.8 Å². The lowest BCUT2D eigenvalue weighted by atomic mass is 10.1. The van der Waals surface area contributed by atoms with Crippen LogP contribution in [0.1, 0.15) is 5.56 Å². The van der Waals surface area contributed by atoms with Crippen LogP contribution in [0.15, 0.2) is 42.5 Å². The number of nitrogens with one attached hydrogen (secondary N) is 2.